The molecular weight excluding hydrogens is 821 g/mol. The van der Waals surface area contributed by atoms with Crippen molar-refractivity contribution in [2.24, 2.45) is 0 Å². The summed E-state index contributed by atoms with van der Waals surface area (Å²) in [5.41, 5.74) is 6.39. The fourth-order valence-electron chi connectivity index (χ4n) is 8.46. The number of carboxylic acids is 4. The molecule has 2 amide bonds. The van der Waals surface area contributed by atoms with Crippen LogP contribution in [0.5, 0.6) is 0 Å². The van der Waals surface area contributed by atoms with Gasteiger partial charge in [0.05, 0.1) is 67.1 Å². The number of nitrogens with zero attached hydrogens (tertiary/aromatic N) is 4. The van der Waals surface area contributed by atoms with Gasteiger partial charge in [0.25, 0.3) is 11.8 Å². The van der Waals surface area contributed by atoms with Gasteiger partial charge in [0.1, 0.15) is 0 Å². The lowest BCUT2D eigenvalue weighted by Gasteiger charge is -2.10. The Morgan fingerprint density at radius 3 is 0.938 bits per heavy atom. The third kappa shape index (κ3) is 5.85. The maximum Gasteiger partial charge on any atom is 0.335 e. The largest absolute Gasteiger partial charge is 0.478 e. The molecule has 0 saturated carbocycles. The van der Waals surface area contributed by atoms with Crippen molar-refractivity contribution < 1.29 is 49.2 Å². The van der Waals surface area contributed by atoms with E-state index in [-0.39, 0.29) is 33.4 Å². The van der Waals surface area contributed by atoms with Gasteiger partial charge in [-0.2, -0.15) is 0 Å². The number of carbonyl (C=O) groups excluding carboxylic acids is 2. The first-order valence-corrected chi connectivity index (χ1v) is 19.3. The molecule has 306 valence electrons. The van der Waals surface area contributed by atoms with Gasteiger partial charge in [-0.25, -0.2) is 39.1 Å². The molecule has 0 bridgehead atoms. The number of benzene rings is 7. The van der Waals surface area contributed by atoms with Crippen LogP contribution >= 0.6 is 0 Å². The third-order valence-electron chi connectivity index (χ3n) is 11.4. The second-order valence-electron chi connectivity index (χ2n) is 15.2. The van der Waals surface area contributed by atoms with Crippen molar-refractivity contribution in [1.82, 2.24) is 19.9 Å². The Hall–Kier alpha value is -9.44. The quantitative estimate of drug-likeness (QED) is 0.0838. The van der Waals surface area contributed by atoms with Crippen LogP contribution in [0.4, 0.5) is 11.4 Å². The van der Waals surface area contributed by atoms with Gasteiger partial charge in [-0.15, -0.1) is 0 Å². The SMILES string of the molecule is O=C(O)c1cc2c3c(cc(C(=O)O)cc3c1)-c1nc3cc(C(=O)Nc4ccc(NC(=O)c5ccc6nc7c(nc6c5)-c5cc(C(=O)O)cc6cc(C(=O)O)cc-7c56)cc4)ccc3nc1-2. The molecule has 64 heavy (non-hydrogen) atoms. The van der Waals surface area contributed by atoms with Crippen LogP contribution in [-0.4, -0.2) is 76.1 Å². The number of hydrogen-bond donors (Lipinski definition) is 6. The van der Waals surface area contributed by atoms with Crippen LogP contribution in [0, 0.1) is 0 Å². The predicted octanol–water partition coefficient (Wildman–Crippen LogP) is 8.47. The summed E-state index contributed by atoms with van der Waals surface area (Å²) in [6, 6.07) is 27.6. The van der Waals surface area contributed by atoms with Gasteiger partial charge < -0.3 is 31.1 Å². The molecule has 0 radical (unpaired) electrons. The number of carboxylic acid groups (broad SMARTS) is 4. The molecular formula is C48H24N6O10. The predicted molar refractivity (Wildman–Crippen MR) is 233 cm³/mol. The first kappa shape index (κ1) is 37.6. The number of carbonyl (C=O) groups is 6. The first-order chi connectivity index (χ1) is 30.8. The lowest BCUT2D eigenvalue weighted by atomic mass is 9.98. The molecule has 6 N–H and O–H groups in total. The van der Waals surface area contributed by atoms with E-state index in [0.717, 1.165) is 0 Å². The maximum absolute atomic E-state index is 13.5. The highest BCUT2D eigenvalue weighted by atomic mass is 16.4. The Morgan fingerprint density at radius 1 is 0.344 bits per heavy atom. The van der Waals surface area contributed by atoms with E-state index in [2.05, 4.69) is 10.6 Å². The highest BCUT2D eigenvalue weighted by Crippen LogP contribution is 2.48. The van der Waals surface area contributed by atoms with Gasteiger partial charge in [-0.05, 0) is 120 Å². The molecule has 2 aromatic heterocycles. The van der Waals surface area contributed by atoms with Crippen LogP contribution in [0.1, 0.15) is 62.1 Å². The fraction of sp³-hybridized carbons (Fsp3) is 0. The molecule has 16 nitrogen and oxygen atoms in total. The summed E-state index contributed by atoms with van der Waals surface area (Å²) in [6.45, 7) is 0. The lowest BCUT2D eigenvalue weighted by Crippen LogP contribution is -2.13. The van der Waals surface area contributed by atoms with Crippen molar-refractivity contribution >= 4 is 90.7 Å². The zero-order valence-electron chi connectivity index (χ0n) is 32.4. The maximum atomic E-state index is 13.5. The number of amides is 2. The van der Waals surface area contributed by atoms with Crippen LogP contribution in [-0.2, 0) is 0 Å². The summed E-state index contributed by atoms with van der Waals surface area (Å²) in [5, 5.41) is 46.8. The van der Waals surface area contributed by atoms with Gasteiger partial charge in [-0.1, -0.05) is 0 Å². The molecule has 9 aromatic rings. The Bertz CT molecular complexity index is 3480. The summed E-state index contributed by atoms with van der Waals surface area (Å²) in [5.74, 6) is -5.64. The molecule has 0 saturated heterocycles. The fourth-order valence-corrected chi connectivity index (χ4v) is 8.46. The average Bonchev–Trinajstić information content (AvgIpc) is 3.76. The molecule has 2 aliphatic rings. The summed E-state index contributed by atoms with van der Waals surface area (Å²) < 4.78 is 0. The smallest absolute Gasteiger partial charge is 0.335 e. The molecule has 2 aliphatic carbocycles. The molecule has 2 heterocycles. The van der Waals surface area contributed by atoms with Crippen molar-refractivity contribution in [3.63, 3.8) is 0 Å². The van der Waals surface area contributed by atoms with E-state index in [9.17, 15) is 49.2 Å². The Morgan fingerprint density at radius 2 is 0.641 bits per heavy atom. The van der Waals surface area contributed by atoms with E-state index >= 15 is 0 Å². The van der Waals surface area contributed by atoms with Crippen molar-refractivity contribution in [3.8, 4) is 45.0 Å². The van der Waals surface area contributed by atoms with E-state index in [0.29, 0.717) is 100 Å². The van der Waals surface area contributed by atoms with Gasteiger partial charge in [0.2, 0.25) is 0 Å². The molecule has 0 atom stereocenters. The average molecular weight is 845 g/mol. The summed E-state index contributed by atoms with van der Waals surface area (Å²) in [4.78, 5) is 93.8. The zero-order chi connectivity index (χ0) is 44.3. The normalized spacial score (nSPS) is 11.8. The molecule has 0 fully saturated rings. The summed E-state index contributed by atoms with van der Waals surface area (Å²) in [7, 11) is 0. The third-order valence-corrected chi connectivity index (χ3v) is 11.4. The van der Waals surface area contributed by atoms with Crippen LogP contribution in [0.3, 0.4) is 0 Å². The van der Waals surface area contributed by atoms with Crippen LogP contribution < -0.4 is 10.6 Å². The number of nitrogens with one attached hydrogen (secondary N) is 2. The van der Waals surface area contributed by atoms with Gasteiger partial charge in [-0.3, -0.25) is 9.59 Å². The molecule has 0 unspecified atom stereocenters. The van der Waals surface area contributed by atoms with Gasteiger partial charge >= 0.3 is 23.9 Å². The molecule has 0 aliphatic heterocycles. The first-order valence-electron chi connectivity index (χ1n) is 19.3. The van der Waals surface area contributed by atoms with Crippen molar-refractivity contribution in [1.29, 1.82) is 0 Å². The standard InChI is InChI=1S/C48H24N6O10/c55-43(19-1-7-33-35(17-19)53-41-31-15-25(47(61)62)11-21-9-23(45(57)58)13-29(37(21)31)39(41)51-33)49-27-3-5-28(6-4-27)50-44(56)20-2-8-34-36(18-20)54-42-32-16-26(48(63)64)12-22-10-24(46(59)60)14-30(38(22)32)40(42)52-34/h1-18H,(H,49,55)(H,50,56)(H,57,58)(H,59,60)(H,61,62)(H,63,64). The van der Waals surface area contributed by atoms with Gasteiger partial charge in [0.15, 0.2) is 0 Å². The van der Waals surface area contributed by atoms with Crippen molar-refractivity contribution in [2.45, 2.75) is 0 Å². The van der Waals surface area contributed by atoms with Crippen molar-refractivity contribution in [3.05, 3.63) is 143 Å². The number of anilines is 2. The highest BCUT2D eigenvalue weighted by Gasteiger charge is 2.30. The number of hydrogen-bond acceptors (Lipinski definition) is 10. The van der Waals surface area contributed by atoms with Crippen LogP contribution in [0.2, 0.25) is 0 Å². The summed E-state index contributed by atoms with van der Waals surface area (Å²) >= 11 is 0. The Kier molecular flexibility index (Phi) is 7.94. The van der Waals surface area contributed by atoms with Gasteiger partial charge in [0, 0.05) is 55.5 Å². The van der Waals surface area contributed by atoms with E-state index in [1.165, 1.54) is 48.5 Å². The Labute approximate surface area is 357 Å². The minimum Gasteiger partial charge on any atom is -0.478 e. The van der Waals surface area contributed by atoms with Crippen LogP contribution in [0.15, 0.2) is 109 Å². The molecule has 0 spiro atoms. The minimum absolute atomic E-state index is 0.0232. The zero-order valence-corrected chi connectivity index (χ0v) is 32.4. The van der Waals surface area contributed by atoms with Crippen molar-refractivity contribution in [2.75, 3.05) is 10.6 Å². The number of aromatic carboxylic acids is 4. The lowest BCUT2D eigenvalue weighted by molar-refractivity contribution is 0.0685. The van der Waals surface area contributed by atoms with E-state index in [1.807, 2.05) is 0 Å². The molecule has 16 heteroatoms. The monoisotopic (exact) mass is 844 g/mol. The Balaban J connectivity index is 0.828. The van der Waals surface area contributed by atoms with E-state index < -0.39 is 35.7 Å². The number of rotatable bonds is 8. The van der Waals surface area contributed by atoms with E-state index in [4.69, 9.17) is 19.9 Å². The second-order valence-corrected chi connectivity index (χ2v) is 15.2. The van der Waals surface area contributed by atoms with E-state index in [1.54, 1.807) is 60.7 Å². The molecule has 11 rings (SSSR count). The highest BCUT2D eigenvalue weighted by molar-refractivity contribution is 6.19. The minimum atomic E-state index is -1.19. The topological polar surface area (TPSA) is 259 Å². The van der Waals surface area contributed by atoms with Crippen LogP contribution in [0.25, 0.3) is 88.6 Å². The number of fused-ring (bicyclic) bond motifs is 8. The summed E-state index contributed by atoms with van der Waals surface area (Å²) in [6.07, 6.45) is 0. The second kappa shape index (κ2) is 13.5. The number of aromatic nitrogens is 4. The molecule has 7 aromatic carbocycles.